The van der Waals surface area contributed by atoms with Crippen LogP contribution in [-0.2, 0) is 12.0 Å². The average molecular weight is 279 g/mol. The van der Waals surface area contributed by atoms with E-state index in [1.807, 2.05) is 6.20 Å². The zero-order valence-corrected chi connectivity index (χ0v) is 13.6. The number of hydrogen-bond acceptors (Lipinski definition) is 4. The first-order valence-corrected chi connectivity index (χ1v) is 7.73. The fourth-order valence-electron chi connectivity index (χ4n) is 2.88. The van der Waals surface area contributed by atoms with Gasteiger partial charge in [0.1, 0.15) is 5.76 Å². The van der Waals surface area contributed by atoms with E-state index in [-0.39, 0.29) is 5.41 Å². The molecule has 1 aliphatic rings. The first kappa shape index (κ1) is 15.5. The molecule has 4 nitrogen and oxygen atoms in total. The summed E-state index contributed by atoms with van der Waals surface area (Å²) in [6.07, 6.45) is 6.93. The lowest BCUT2D eigenvalue weighted by atomic mass is 9.90. The van der Waals surface area contributed by atoms with E-state index in [1.165, 1.54) is 25.7 Å². The molecule has 1 N–H and O–H groups in total. The largest absolute Gasteiger partial charge is 0.444 e. The van der Waals surface area contributed by atoms with Crippen molar-refractivity contribution in [3.05, 3.63) is 17.8 Å². The van der Waals surface area contributed by atoms with Crippen LogP contribution in [0.4, 0.5) is 0 Å². The van der Waals surface area contributed by atoms with E-state index in [0.717, 1.165) is 18.2 Å². The number of hydrogen-bond donors (Lipinski definition) is 1. The molecule has 2 rings (SSSR count). The molecule has 1 saturated carbocycles. The minimum atomic E-state index is 0.0364. The lowest BCUT2D eigenvalue weighted by Crippen LogP contribution is -2.39. The van der Waals surface area contributed by atoms with Crippen molar-refractivity contribution in [3.63, 3.8) is 0 Å². The molecule has 1 fully saturated rings. The monoisotopic (exact) mass is 279 g/mol. The van der Waals surface area contributed by atoms with Crippen LogP contribution in [0.25, 0.3) is 0 Å². The summed E-state index contributed by atoms with van der Waals surface area (Å²) in [7, 11) is 4.25. The average Bonchev–Trinajstić information content (AvgIpc) is 2.87. The van der Waals surface area contributed by atoms with Crippen molar-refractivity contribution < 1.29 is 4.42 Å². The van der Waals surface area contributed by atoms with Crippen LogP contribution in [-0.4, -0.2) is 36.1 Å². The highest BCUT2D eigenvalue weighted by Gasteiger charge is 2.25. The van der Waals surface area contributed by atoms with Crippen molar-refractivity contribution in [1.82, 2.24) is 15.2 Å². The molecular formula is C16H29N3O. The van der Waals surface area contributed by atoms with Gasteiger partial charge in [-0.05, 0) is 39.8 Å². The predicted octanol–water partition coefficient (Wildman–Crippen LogP) is 2.93. The van der Waals surface area contributed by atoms with E-state index in [9.17, 15) is 0 Å². The molecule has 1 heterocycles. The van der Waals surface area contributed by atoms with Gasteiger partial charge in [0.2, 0.25) is 5.89 Å². The molecule has 0 bridgehead atoms. The van der Waals surface area contributed by atoms with Gasteiger partial charge >= 0.3 is 0 Å². The van der Waals surface area contributed by atoms with Crippen molar-refractivity contribution >= 4 is 0 Å². The third-order valence-electron chi connectivity index (χ3n) is 4.41. The van der Waals surface area contributed by atoms with Gasteiger partial charge in [-0.25, -0.2) is 4.98 Å². The smallest absolute Gasteiger partial charge is 0.208 e. The molecule has 0 unspecified atom stereocenters. The first-order valence-electron chi connectivity index (χ1n) is 7.73. The van der Waals surface area contributed by atoms with Gasteiger partial charge in [0.25, 0.3) is 0 Å². The zero-order chi connectivity index (χ0) is 14.8. The number of oxazole rings is 1. The second-order valence-corrected chi connectivity index (χ2v) is 7.08. The third kappa shape index (κ3) is 3.83. The topological polar surface area (TPSA) is 41.3 Å². The van der Waals surface area contributed by atoms with Crippen LogP contribution in [0.5, 0.6) is 0 Å². The molecule has 4 heteroatoms. The molecular weight excluding hydrogens is 250 g/mol. The zero-order valence-electron chi connectivity index (χ0n) is 13.6. The second-order valence-electron chi connectivity index (χ2n) is 7.08. The maximum atomic E-state index is 5.89. The van der Waals surface area contributed by atoms with Crippen molar-refractivity contribution in [1.29, 1.82) is 0 Å². The Morgan fingerprint density at radius 1 is 1.30 bits per heavy atom. The molecule has 0 atom stereocenters. The standard InChI is InChI=1S/C16H29N3O/c1-16(2,3)14-10-18-15(20-14)11-19(5)13-8-6-12(17-4)7-9-13/h10,12-13,17H,6-9,11H2,1-5H3. The Hall–Kier alpha value is -0.870. The Morgan fingerprint density at radius 2 is 1.95 bits per heavy atom. The Kier molecular flexibility index (Phi) is 4.86. The summed E-state index contributed by atoms with van der Waals surface area (Å²) >= 11 is 0. The van der Waals surface area contributed by atoms with Crippen molar-refractivity contribution in [2.75, 3.05) is 14.1 Å². The molecule has 0 amide bonds. The predicted molar refractivity (Wildman–Crippen MR) is 81.8 cm³/mol. The lowest BCUT2D eigenvalue weighted by molar-refractivity contribution is 0.156. The van der Waals surface area contributed by atoms with Crippen LogP contribution in [0.2, 0.25) is 0 Å². The summed E-state index contributed by atoms with van der Waals surface area (Å²) in [5.74, 6) is 1.81. The van der Waals surface area contributed by atoms with Crippen molar-refractivity contribution in [2.45, 2.75) is 70.5 Å². The van der Waals surface area contributed by atoms with E-state index in [1.54, 1.807) is 0 Å². The van der Waals surface area contributed by atoms with Gasteiger partial charge in [-0.2, -0.15) is 0 Å². The molecule has 0 radical (unpaired) electrons. The number of nitrogens with zero attached hydrogens (tertiary/aromatic N) is 2. The van der Waals surface area contributed by atoms with Gasteiger partial charge in [0, 0.05) is 17.5 Å². The fourth-order valence-corrected chi connectivity index (χ4v) is 2.88. The van der Waals surface area contributed by atoms with E-state index < -0.39 is 0 Å². The summed E-state index contributed by atoms with van der Waals surface area (Å²) in [4.78, 5) is 6.82. The van der Waals surface area contributed by atoms with Gasteiger partial charge < -0.3 is 9.73 Å². The van der Waals surface area contributed by atoms with Gasteiger partial charge in [0.05, 0.1) is 12.7 Å². The molecule has 0 saturated heterocycles. The van der Waals surface area contributed by atoms with Crippen molar-refractivity contribution in [2.24, 2.45) is 0 Å². The first-order chi connectivity index (χ1) is 9.40. The molecule has 1 aromatic rings. The summed E-state index contributed by atoms with van der Waals surface area (Å²) in [6, 6.07) is 1.36. The molecule has 1 aromatic heterocycles. The van der Waals surface area contributed by atoms with E-state index >= 15 is 0 Å². The number of rotatable bonds is 4. The normalized spacial score (nSPS) is 24.3. The molecule has 114 valence electrons. The Bertz CT molecular complexity index is 414. The third-order valence-corrected chi connectivity index (χ3v) is 4.41. The minimum Gasteiger partial charge on any atom is -0.444 e. The van der Waals surface area contributed by atoms with Crippen LogP contribution in [0.15, 0.2) is 10.6 Å². The maximum absolute atomic E-state index is 5.89. The Labute approximate surface area is 122 Å². The summed E-state index contributed by atoms with van der Waals surface area (Å²) in [5.41, 5.74) is 0.0364. The molecule has 0 aliphatic heterocycles. The Morgan fingerprint density at radius 3 is 2.45 bits per heavy atom. The summed E-state index contributed by atoms with van der Waals surface area (Å²) < 4.78 is 5.89. The number of aromatic nitrogens is 1. The quantitative estimate of drug-likeness (QED) is 0.920. The van der Waals surface area contributed by atoms with E-state index in [2.05, 4.69) is 50.1 Å². The molecule has 20 heavy (non-hydrogen) atoms. The van der Waals surface area contributed by atoms with Crippen LogP contribution >= 0.6 is 0 Å². The Balaban J connectivity index is 1.88. The van der Waals surface area contributed by atoms with Gasteiger partial charge in [-0.3, -0.25) is 4.90 Å². The van der Waals surface area contributed by atoms with Crippen LogP contribution in [0.1, 0.15) is 58.1 Å². The van der Waals surface area contributed by atoms with Crippen LogP contribution < -0.4 is 5.32 Å². The van der Waals surface area contributed by atoms with Crippen LogP contribution in [0, 0.1) is 0 Å². The summed E-state index contributed by atoms with van der Waals surface area (Å²) in [5, 5.41) is 3.38. The van der Waals surface area contributed by atoms with Gasteiger partial charge in [-0.1, -0.05) is 20.8 Å². The highest BCUT2D eigenvalue weighted by molar-refractivity contribution is 5.06. The van der Waals surface area contributed by atoms with Crippen LogP contribution in [0.3, 0.4) is 0 Å². The van der Waals surface area contributed by atoms with Gasteiger partial charge in [0.15, 0.2) is 0 Å². The second kappa shape index (κ2) is 6.27. The minimum absolute atomic E-state index is 0.0364. The lowest BCUT2D eigenvalue weighted by Gasteiger charge is -2.34. The SMILES string of the molecule is CNC1CCC(N(C)Cc2ncc(C(C)(C)C)o2)CC1. The highest BCUT2D eigenvalue weighted by Crippen LogP contribution is 2.25. The number of nitrogens with one attached hydrogen (secondary N) is 1. The fraction of sp³-hybridized carbons (Fsp3) is 0.812. The van der Waals surface area contributed by atoms with Gasteiger partial charge in [-0.15, -0.1) is 0 Å². The van der Waals surface area contributed by atoms with Crippen molar-refractivity contribution in [3.8, 4) is 0 Å². The summed E-state index contributed by atoms with van der Waals surface area (Å²) in [6.45, 7) is 7.27. The molecule has 0 aromatic carbocycles. The van der Waals surface area contributed by atoms with E-state index in [4.69, 9.17) is 4.42 Å². The molecule has 1 aliphatic carbocycles. The van der Waals surface area contributed by atoms with E-state index in [0.29, 0.717) is 12.1 Å². The molecule has 0 spiro atoms. The highest BCUT2D eigenvalue weighted by atomic mass is 16.4. The maximum Gasteiger partial charge on any atom is 0.208 e.